The van der Waals surface area contributed by atoms with E-state index in [1.54, 1.807) is 24.3 Å². The molecule has 1 saturated carbocycles. The van der Waals surface area contributed by atoms with Crippen LogP contribution in [0.15, 0.2) is 53.3 Å². The Balaban J connectivity index is 1.23. The zero-order valence-corrected chi connectivity index (χ0v) is 23.9. The zero-order valence-electron chi connectivity index (χ0n) is 23.9. The summed E-state index contributed by atoms with van der Waals surface area (Å²) in [7, 11) is 1.34. The summed E-state index contributed by atoms with van der Waals surface area (Å²) < 4.78 is 6.63. The standard InChI is InChI=1S/C33H40N4O4/c1-41-33(40)23-15-13-22(14-16-23)21-34-31(38)30-32(39)37(29-12-8-7-11-28(29)35-30)27-19-25-17-18-26(20-27)36(25)24-9-5-3-2-4-6-10-24/h7-8,11-16,24-27H,2-6,9-10,17-21H2,1H3,(H,34,38)/t25-,26+,27?. The molecule has 0 radical (unpaired) electrons. The van der Waals surface area contributed by atoms with Crippen LogP contribution in [0.2, 0.25) is 0 Å². The Hall–Kier alpha value is -3.52. The average molecular weight is 557 g/mol. The number of hydrogen-bond donors (Lipinski definition) is 1. The van der Waals surface area contributed by atoms with Crippen molar-refractivity contribution < 1.29 is 14.3 Å². The summed E-state index contributed by atoms with van der Waals surface area (Å²) in [6.07, 6.45) is 13.6. The predicted molar refractivity (Wildman–Crippen MR) is 158 cm³/mol. The molecule has 0 spiro atoms. The first kappa shape index (κ1) is 27.6. The van der Waals surface area contributed by atoms with Gasteiger partial charge in [-0.1, -0.05) is 56.4 Å². The van der Waals surface area contributed by atoms with E-state index in [1.807, 2.05) is 28.8 Å². The number of amides is 1. The van der Waals surface area contributed by atoms with E-state index in [0.29, 0.717) is 29.2 Å². The molecule has 8 heteroatoms. The fourth-order valence-electron chi connectivity index (χ4n) is 7.53. The van der Waals surface area contributed by atoms with Gasteiger partial charge in [-0.15, -0.1) is 0 Å². The molecule has 3 atom stereocenters. The van der Waals surface area contributed by atoms with Crippen LogP contribution in [0.25, 0.3) is 11.0 Å². The largest absolute Gasteiger partial charge is 0.465 e. The van der Waals surface area contributed by atoms with Gasteiger partial charge in [-0.05, 0) is 68.4 Å². The second-order valence-electron chi connectivity index (χ2n) is 12.0. The number of methoxy groups -OCH3 is 1. The monoisotopic (exact) mass is 556 g/mol. The lowest BCUT2D eigenvalue weighted by atomic mass is 9.89. The molecule has 2 bridgehead atoms. The maximum Gasteiger partial charge on any atom is 0.337 e. The van der Waals surface area contributed by atoms with Crippen LogP contribution in [0.1, 0.15) is 103 Å². The summed E-state index contributed by atoms with van der Waals surface area (Å²) in [6.45, 7) is 0.220. The van der Waals surface area contributed by atoms with E-state index in [4.69, 9.17) is 4.74 Å². The molecule has 3 aliphatic rings. The van der Waals surface area contributed by atoms with Crippen LogP contribution in [0.5, 0.6) is 0 Å². The first-order chi connectivity index (χ1) is 20.0. The van der Waals surface area contributed by atoms with Gasteiger partial charge in [-0.3, -0.25) is 14.5 Å². The SMILES string of the molecule is COC(=O)c1ccc(CNC(=O)c2nc3ccccc3n(C3C[C@H]4CC[C@@H](C3)N4C3CCCCCCC3)c2=O)cc1. The Bertz CT molecular complexity index is 1440. The lowest BCUT2D eigenvalue weighted by Crippen LogP contribution is -2.50. The molecule has 216 valence electrons. The van der Waals surface area contributed by atoms with Crippen LogP contribution in [0.3, 0.4) is 0 Å². The number of carbonyl (C=O) groups excluding carboxylic acids is 2. The molecule has 8 nitrogen and oxygen atoms in total. The number of nitrogens with one attached hydrogen (secondary N) is 1. The second-order valence-corrected chi connectivity index (χ2v) is 12.0. The third kappa shape index (κ3) is 5.67. The Morgan fingerprint density at radius 2 is 1.51 bits per heavy atom. The van der Waals surface area contributed by atoms with Crippen molar-refractivity contribution in [3.05, 3.63) is 75.7 Å². The number of carbonyl (C=O) groups is 2. The molecule has 3 heterocycles. The predicted octanol–water partition coefficient (Wildman–Crippen LogP) is 5.39. The molecule has 1 unspecified atom stereocenters. The minimum Gasteiger partial charge on any atom is -0.465 e. The van der Waals surface area contributed by atoms with Crippen LogP contribution >= 0.6 is 0 Å². The van der Waals surface area contributed by atoms with E-state index in [0.717, 1.165) is 23.9 Å². The summed E-state index contributed by atoms with van der Waals surface area (Å²) in [6, 6.07) is 16.2. The molecule has 1 N–H and O–H groups in total. The van der Waals surface area contributed by atoms with E-state index in [1.165, 1.54) is 64.9 Å². The number of hydrogen-bond acceptors (Lipinski definition) is 6. The van der Waals surface area contributed by atoms with Gasteiger partial charge in [0.1, 0.15) is 0 Å². The average Bonchev–Trinajstić information content (AvgIpc) is 3.23. The molecule has 2 aromatic carbocycles. The number of esters is 1. The van der Waals surface area contributed by atoms with Crippen molar-refractivity contribution in [2.24, 2.45) is 0 Å². The first-order valence-electron chi connectivity index (χ1n) is 15.3. The van der Waals surface area contributed by atoms with E-state index in [-0.39, 0.29) is 23.8 Å². The van der Waals surface area contributed by atoms with Gasteiger partial charge in [0.2, 0.25) is 0 Å². The van der Waals surface area contributed by atoms with Gasteiger partial charge in [0.25, 0.3) is 11.5 Å². The molecular weight excluding hydrogens is 516 g/mol. The van der Waals surface area contributed by atoms with E-state index in [9.17, 15) is 14.4 Å². The summed E-state index contributed by atoms with van der Waals surface area (Å²) in [5, 5.41) is 2.87. The molecule has 2 aliphatic heterocycles. The molecule has 1 aromatic heterocycles. The molecule has 6 rings (SSSR count). The highest BCUT2D eigenvalue weighted by atomic mass is 16.5. The van der Waals surface area contributed by atoms with Crippen molar-refractivity contribution in [2.45, 2.75) is 101 Å². The number of piperidine rings is 1. The fraction of sp³-hybridized carbons (Fsp3) is 0.515. The van der Waals surface area contributed by atoms with Gasteiger partial charge >= 0.3 is 5.97 Å². The molecule has 41 heavy (non-hydrogen) atoms. The van der Waals surface area contributed by atoms with Gasteiger partial charge < -0.3 is 14.6 Å². The smallest absolute Gasteiger partial charge is 0.337 e. The quantitative estimate of drug-likeness (QED) is 0.409. The van der Waals surface area contributed by atoms with Crippen molar-refractivity contribution in [1.29, 1.82) is 0 Å². The summed E-state index contributed by atoms with van der Waals surface area (Å²) in [5.74, 6) is -0.896. The van der Waals surface area contributed by atoms with Crippen LogP contribution in [-0.2, 0) is 11.3 Å². The maximum absolute atomic E-state index is 14.0. The topological polar surface area (TPSA) is 93.5 Å². The minimum absolute atomic E-state index is 0.0510. The van der Waals surface area contributed by atoms with E-state index in [2.05, 4.69) is 15.2 Å². The van der Waals surface area contributed by atoms with Crippen molar-refractivity contribution in [3.63, 3.8) is 0 Å². The normalized spacial score (nSPS) is 23.6. The second kappa shape index (κ2) is 12.1. The highest BCUT2D eigenvalue weighted by Gasteiger charge is 2.44. The van der Waals surface area contributed by atoms with Crippen molar-refractivity contribution >= 4 is 22.9 Å². The Labute approximate surface area is 241 Å². The van der Waals surface area contributed by atoms with Gasteiger partial charge in [0.05, 0.1) is 23.7 Å². The summed E-state index contributed by atoms with van der Waals surface area (Å²) >= 11 is 0. The van der Waals surface area contributed by atoms with E-state index < -0.39 is 11.9 Å². The lowest BCUT2D eigenvalue weighted by Gasteiger charge is -2.45. The third-order valence-electron chi connectivity index (χ3n) is 9.46. The first-order valence-corrected chi connectivity index (χ1v) is 15.3. The molecule has 1 aliphatic carbocycles. The Morgan fingerprint density at radius 1 is 0.854 bits per heavy atom. The van der Waals surface area contributed by atoms with Crippen molar-refractivity contribution in [3.8, 4) is 0 Å². The van der Waals surface area contributed by atoms with Crippen molar-refractivity contribution in [2.75, 3.05) is 7.11 Å². The van der Waals surface area contributed by atoms with Crippen LogP contribution in [0, 0.1) is 0 Å². The Morgan fingerprint density at radius 3 is 2.20 bits per heavy atom. The number of para-hydroxylation sites is 2. The van der Waals surface area contributed by atoms with E-state index >= 15 is 0 Å². The summed E-state index contributed by atoms with van der Waals surface area (Å²) in [5.41, 5.74) is 2.34. The Kier molecular flexibility index (Phi) is 8.19. The molecule has 3 aromatic rings. The third-order valence-corrected chi connectivity index (χ3v) is 9.46. The van der Waals surface area contributed by atoms with Crippen molar-refractivity contribution in [1.82, 2.24) is 19.8 Å². The molecule has 1 amide bonds. The number of rotatable bonds is 6. The molecule has 2 saturated heterocycles. The van der Waals surface area contributed by atoms with Gasteiger partial charge in [0.15, 0.2) is 5.69 Å². The number of fused-ring (bicyclic) bond motifs is 3. The van der Waals surface area contributed by atoms with Crippen LogP contribution in [0.4, 0.5) is 0 Å². The lowest BCUT2D eigenvalue weighted by molar-refractivity contribution is 0.0496. The van der Waals surface area contributed by atoms with Crippen LogP contribution < -0.4 is 10.9 Å². The molecular formula is C33H40N4O4. The fourth-order valence-corrected chi connectivity index (χ4v) is 7.53. The number of ether oxygens (including phenoxy) is 1. The highest BCUT2D eigenvalue weighted by Crippen LogP contribution is 2.44. The van der Waals surface area contributed by atoms with Gasteiger partial charge in [-0.25, -0.2) is 9.78 Å². The summed E-state index contributed by atoms with van der Waals surface area (Å²) in [4.78, 5) is 46.4. The molecule has 3 fully saturated rings. The van der Waals surface area contributed by atoms with Crippen LogP contribution in [-0.4, -0.2) is 51.6 Å². The number of aromatic nitrogens is 2. The van der Waals surface area contributed by atoms with Gasteiger partial charge in [0, 0.05) is 30.7 Å². The number of nitrogens with zero attached hydrogens (tertiary/aromatic N) is 3. The maximum atomic E-state index is 14.0. The number of benzene rings is 2. The zero-order chi connectivity index (χ0) is 28.3. The van der Waals surface area contributed by atoms with Gasteiger partial charge in [-0.2, -0.15) is 0 Å². The minimum atomic E-state index is -0.485. The highest BCUT2D eigenvalue weighted by molar-refractivity contribution is 5.94.